The molecule has 4 aliphatic carbocycles. The lowest BCUT2D eigenvalue weighted by molar-refractivity contribution is -0.132. The molecule has 0 aromatic heterocycles. The molecule has 0 aliphatic heterocycles. The summed E-state index contributed by atoms with van der Waals surface area (Å²) in [5.74, 6) is 1.49. The van der Waals surface area contributed by atoms with Crippen LogP contribution in [0.25, 0.3) is 0 Å². The van der Waals surface area contributed by atoms with Gasteiger partial charge in [0.1, 0.15) is 0 Å². The predicted molar refractivity (Wildman–Crippen MR) is 98.2 cm³/mol. The third-order valence-electron chi connectivity index (χ3n) is 7.74. The number of allylic oxidation sites excluding steroid dienone is 4. The maximum Gasteiger partial charge on any atom is 0.156 e. The van der Waals surface area contributed by atoms with Gasteiger partial charge in [0, 0.05) is 18.4 Å². The van der Waals surface area contributed by atoms with Crippen molar-refractivity contribution in [3.63, 3.8) is 0 Å². The van der Waals surface area contributed by atoms with E-state index in [4.69, 9.17) is 4.74 Å². The van der Waals surface area contributed by atoms with E-state index >= 15 is 0 Å². The average molecular weight is 344 g/mol. The highest BCUT2D eigenvalue weighted by Gasteiger charge is 2.60. The molecule has 0 radical (unpaired) electrons. The minimum absolute atomic E-state index is 0.0266. The summed E-state index contributed by atoms with van der Waals surface area (Å²) in [6.45, 7) is 5.66. The number of carbonyl (C=O) groups excluding carboxylic acids is 1. The van der Waals surface area contributed by atoms with Crippen molar-refractivity contribution in [2.24, 2.45) is 17.3 Å². The minimum Gasteiger partial charge on any atom is -0.387 e. The molecular formula is C22H32O3. The zero-order valence-electron chi connectivity index (χ0n) is 15.8. The summed E-state index contributed by atoms with van der Waals surface area (Å²) >= 11 is 0. The van der Waals surface area contributed by atoms with Crippen molar-refractivity contribution in [1.29, 1.82) is 0 Å². The first-order chi connectivity index (χ1) is 12.0. The summed E-state index contributed by atoms with van der Waals surface area (Å²) in [5.41, 5.74) is 3.77. The summed E-state index contributed by atoms with van der Waals surface area (Å²) in [7, 11) is 0. The summed E-state index contributed by atoms with van der Waals surface area (Å²) in [4.78, 5) is 11.8. The molecule has 0 heterocycles. The van der Waals surface area contributed by atoms with Crippen molar-refractivity contribution in [3.05, 3.63) is 22.8 Å². The quantitative estimate of drug-likeness (QED) is 0.771. The van der Waals surface area contributed by atoms with E-state index < -0.39 is 5.60 Å². The van der Waals surface area contributed by atoms with E-state index in [2.05, 4.69) is 13.8 Å². The molecule has 25 heavy (non-hydrogen) atoms. The van der Waals surface area contributed by atoms with Crippen molar-refractivity contribution >= 4 is 5.78 Å². The molecule has 0 saturated heterocycles. The van der Waals surface area contributed by atoms with Gasteiger partial charge in [-0.3, -0.25) is 4.79 Å². The molecule has 4 rings (SSSR count). The van der Waals surface area contributed by atoms with Crippen molar-refractivity contribution in [1.82, 2.24) is 0 Å². The Kier molecular flexibility index (Phi) is 4.44. The van der Waals surface area contributed by atoms with Crippen LogP contribution in [0.15, 0.2) is 22.8 Å². The highest BCUT2D eigenvalue weighted by Crippen LogP contribution is 2.63. The molecule has 4 aliphatic rings. The lowest BCUT2D eigenvalue weighted by Gasteiger charge is -2.51. The number of fused-ring (bicyclic) bond motifs is 4. The number of aliphatic hydroxyl groups is 1. The third kappa shape index (κ3) is 2.66. The fraction of sp³-hybridized carbons (Fsp3) is 0.773. The largest absolute Gasteiger partial charge is 0.387 e. The molecule has 1 N–H and O–H groups in total. The van der Waals surface area contributed by atoms with E-state index in [9.17, 15) is 9.90 Å². The van der Waals surface area contributed by atoms with Gasteiger partial charge in [-0.1, -0.05) is 19.4 Å². The van der Waals surface area contributed by atoms with Gasteiger partial charge < -0.3 is 9.84 Å². The van der Waals surface area contributed by atoms with Gasteiger partial charge in [0.05, 0.1) is 12.2 Å². The van der Waals surface area contributed by atoms with Crippen LogP contribution in [0.2, 0.25) is 0 Å². The van der Waals surface area contributed by atoms with Crippen LogP contribution in [0.1, 0.15) is 71.6 Å². The van der Waals surface area contributed by atoms with Crippen LogP contribution < -0.4 is 0 Å². The van der Waals surface area contributed by atoms with E-state index in [1.807, 2.05) is 6.08 Å². The molecule has 2 saturated carbocycles. The standard InChI is InChI=1S/C22H32O3/c1-3-12-25-14-22(24)11-9-20-19-6-4-15-13-16(23)5-7-17(15)18(19)8-10-21(20,22)2/h13,19-20,24H,3-12,14H2,1-2H3/t19-,20+,21+,22-/m1/s1. The van der Waals surface area contributed by atoms with Gasteiger partial charge in [-0.2, -0.15) is 0 Å². The highest BCUT2D eigenvalue weighted by atomic mass is 16.5. The average Bonchev–Trinajstić information content (AvgIpc) is 2.86. The molecular weight excluding hydrogens is 312 g/mol. The zero-order valence-corrected chi connectivity index (χ0v) is 15.8. The van der Waals surface area contributed by atoms with E-state index in [0.717, 1.165) is 58.0 Å². The van der Waals surface area contributed by atoms with Crippen LogP contribution in [-0.4, -0.2) is 29.7 Å². The second kappa shape index (κ2) is 6.35. The highest BCUT2D eigenvalue weighted by molar-refractivity contribution is 5.93. The number of rotatable bonds is 4. The topological polar surface area (TPSA) is 46.5 Å². The Morgan fingerprint density at radius 2 is 2.04 bits per heavy atom. The van der Waals surface area contributed by atoms with Gasteiger partial charge in [-0.15, -0.1) is 0 Å². The molecule has 0 amide bonds. The van der Waals surface area contributed by atoms with Crippen LogP contribution in [0.5, 0.6) is 0 Å². The molecule has 0 aromatic carbocycles. The molecule has 2 fully saturated rings. The summed E-state index contributed by atoms with van der Waals surface area (Å²) in [6.07, 6.45) is 10.9. The molecule has 3 heteroatoms. The summed E-state index contributed by atoms with van der Waals surface area (Å²) in [6, 6.07) is 0. The fourth-order valence-corrected chi connectivity index (χ4v) is 6.27. The van der Waals surface area contributed by atoms with Gasteiger partial charge in [-0.05, 0) is 80.4 Å². The molecule has 0 aromatic rings. The van der Waals surface area contributed by atoms with Crippen LogP contribution in [-0.2, 0) is 9.53 Å². The summed E-state index contributed by atoms with van der Waals surface area (Å²) < 4.78 is 5.81. The Balaban J connectivity index is 1.61. The molecule has 138 valence electrons. The van der Waals surface area contributed by atoms with Crippen molar-refractivity contribution in [2.45, 2.75) is 77.2 Å². The number of hydrogen-bond acceptors (Lipinski definition) is 3. The van der Waals surface area contributed by atoms with Gasteiger partial charge in [0.25, 0.3) is 0 Å². The Morgan fingerprint density at radius 1 is 1.20 bits per heavy atom. The molecule has 4 atom stereocenters. The fourth-order valence-electron chi connectivity index (χ4n) is 6.27. The number of ether oxygens (including phenoxy) is 1. The van der Waals surface area contributed by atoms with Crippen LogP contribution in [0, 0.1) is 17.3 Å². The maximum atomic E-state index is 11.8. The van der Waals surface area contributed by atoms with E-state index in [-0.39, 0.29) is 5.41 Å². The SMILES string of the molecule is CCCOC[C@]1(O)CC[C@H]2[C@@H]3CCC4=CC(=O)CCC4=C3CC[C@@]21C. The lowest BCUT2D eigenvalue weighted by Crippen LogP contribution is -2.52. The Labute approximate surface area is 151 Å². The molecule has 3 nitrogen and oxygen atoms in total. The first-order valence-electron chi connectivity index (χ1n) is 10.2. The van der Waals surface area contributed by atoms with Crippen LogP contribution >= 0.6 is 0 Å². The summed E-state index contributed by atoms with van der Waals surface area (Å²) in [5, 5.41) is 11.4. The predicted octanol–water partition coefficient (Wildman–Crippen LogP) is 4.35. The van der Waals surface area contributed by atoms with Gasteiger partial charge >= 0.3 is 0 Å². The first kappa shape index (κ1) is 17.5. The molecule has 0 bridgehead atoms. The van der Waals surface area contributed by atoms with E-state index in [1.54, 1.807) is 5.57 Å². The van der Waals surface area contributed by atoms with Gasteiger partial charge in [0.15, 0.2) is 5.78 Å². The normalized spacial score (nSPS) is 40.4. The number of ketones is 1. The molecule has 0 unspecified atom stereocenters. The van der Waals surface area contributed by atoms with Crippen LogP contribution in [0.3, 0.4) is 0 Å². The van der Waals surface area contributed by atoms with Crippen molar-refractivity contribution < 1.29 is 14.6 Å². The van der Waals surface area contributed by atoms with Crippen molar-refractivity contribution in [3.8, 4) is 0 Å². The number of carbonyl (C=O) groups is 1. The van der Waals surface area contributed by atoms with Gasteiger partial charge in [0.2, 0.25) is 0 Å². The van der Waals surface area contributed by atoms with E-state index in [1.165, 1.54) is 11.1 Å². The Bertz CT molecular complexity index is 631. The van der Waals surface area contributed by atoms with Crippen molar-refractivity contribution in [2.75, 3.05) is 13.2 Å². The first-order valence-corrected chi connectivity index (χ1v) is 10.2. The zero-order chi connectivity index (χ0) is 17.7. The van der Waals surface area contributed by atoms with Gasteiger partial charge in [-0.25, -0.2) is 0 Å². The maximum absolute atomic E-state index is 11.8. The number of hydrogen-bond donors (Lipinski definition) is 1. The Hall–Kier alpha value is -0.930. The molecule has 0 spiro atoms. The minimum atomic E-state index is -0.665. The second-order valence-electron chi connectivity index (χ2n) is 8.93. The van der Waals surface area contributed by atoms with E-state index in [0.29, 0.717) is 30.6 Å². The lowest BCUT2D eigenvalue weighted by atomic mass is 9.55. The Morgan fingerprint density at radius 3 is 2.84 bits per heavy atom. The smallest absolute Gasteiger partial charge is 0.156 e. The third-order valence-corrected chi connectivity index (χ3v) is 7.74. The monoisotopic (exact) mass is 344 g/mol. The van der Waals surface area contributed by atoms with Crippen LogP contribution in [0.4, 0.5) is 0 Å². The second-order valence-corrected chi connectivity index (χ2v) is 8.93.